The zero-order valence-electron chi connectivity index (χ0n) is 10.1. The van der Waals surface area contributed by atoms with Crippen molar-refractivity contribution in [2.24, 2.45) is 0 Å². The van der Waals surface area contributed by atoms with Gasteiger partial charge in [0.25, 0.3) is 0 Å². The van der Waals surface area contributed by atoms with Crippen LogP contribution in [0.2, 0.25) is 5.02 Å². The van der Waals surface area contributed by atoms with Crippen LogP contribution in [0.5, 0.6) is 0 Å². The van der Waals surface area contributed by atoms with Gasteiger partial charge in [-0.3, -0.25) is 4.57 Å². The lowest BCUT2D eigenvalue weighted by Crippen LogP contribution is -2.03. The number of benzene rings is 2. The van der Waals surface area contributed by atoms with Crippen LogP contribution in [0.25, 0.3) is 16.7 Å². The highest BCUT2D eigenvalue weighted by Crippen LogP contribution is 2.31. The van der Waals surface area contributed by atoms with Crippen molar-refractivity contribution in [2.75, 3.05) is 5.73 Å². The van der Waals surface area contributed by atoms with Gasteiger partial charge < -0.3 is 5.73 Å². The number of hydrogen-bond acceptors (Lipinski definition) is 3. The normalized spacial score (nSPS) is 10.7. The third-order valence-electron chi connectivity index (χ3n) is 2.97. The maximum Gasteiger partial charge on any atom is 0.206 e. The SMILES string of the molecule is N#Cc1ccc(Br)cc1-n1c(N)nc2cccc(Cl)c21. The molecule has 0 fully saturated rings. The van der Waals surface area contributed by atoms with Crippen molar-refractivity contribution in [1.82, 2.24) is 9.55 Å². The van der Waals surface area contributed by atoms with Gasteiger partial charge in [-0.15, -0.1) is 0 Å². The first-order valence-corrected chi connectivity index (χ1v) is 6.91. The maximum atomic E-state index is 9.27. The highest BCUT2D eigenvalue weighted by molar-refractivity contribution is 9.10. The Labute approximate surface area is 128 Å². The van der Waals surface area contributed by atoms with Gasteiger partial charge >= 0.3 is 0 Å². The molecule has 2 N–H and O–H groups in total. The summed E-state index contributed by atoms with van der Waals surface area (Å²) in [5, 5.41) is 9.81. The lowest BCUT2D eigenvalue weighted by Gasteiger charge is -2.10. The Bertz CT molecular complexity index is 863. The predicted molar refractivity (Wildman–Crippen MR) is 82.9 cm³/mol. The molecule has 1 aromatic heterocycles. The van der Waals surface area contributed by atoms with Crippen LogP contribution in [0.1, 0.15) is 5.56 Å². The van der Waals surface area contributed by atoms with E-state index >= 15 is 0 Å². The van der Waals surface area contributed by atoms with Crippen molar-refractivity contribution < 1.29 is 0 Å². The van der Waals surface area contributed by atoms with Crippen LogP contribution in [0.3, 0.4) is 0 Å². The van der Waals surface area contributed by atoms with E-state index in [1.165, 1.54) is 0 Å². The Morgan fingerprint density at radius 1 is 1.30 bits per heavy atom. The molecule has 0 aliphatic rings. The summed E-state index contributed by atoms with van der Waals surface area (Å²) in [4.78, 5) is 4.29. The van der Waals surface area contributed by atoms with Gasteiger partial charge in [0, 0.05) is 4.47 Å². The molecule has 0 amide bonds. The van der Waals surface area contributed by atoms with Crippen molar-refractivity contribution in [3.8, 4) is 11.8 Å². The molecule has 3 aromatic rings. The van der Waals surface area contributed by atoms with Crippen LogP contribution >= 0.6 is 27.5 Å². The first-order chi connectivity index (χ1) is 9.61. The second-order valence-corrected chi connectivity index (χ2v) is 5.51. The fourth-order valence-electron chi connectivity index (χ4n) is 2.13. The largest absolute Gasteiger partial charge is 0.369 e. The third kappa shape index (κ3) is 1.94. The topological polar surface area (TPSA) is 67.6 Å². The monoisotopic (exact) mass is 346 g/mol. The zero-order valence-corrected chi connectivity index (χ0v) is 12.5. The number of anilines is 1. The van der Waals surface area contributed by atoms with Crippen LogP contribution in [0.4, 0.5) is 5.95 Å². The molecule has 0 radical (unpaired) electrons. The van der Waals surface area contributed by atoms with Crippen molar-refractivity contribution >= 4 is 44.5 Å². The molecule has 0 bridgehead atoms. The van der Waals surface area contributed by atoms with Gasteiger partial charge in [-0.1, -0.05) is 33.6 Å². The first kappa shape index (κ1) is 13.0. The number of nitrogen functional groups attached to an aromatic ring is 1. The summed E-state index contributed by atoms with van der Waals surface area (Å²) in [5.74, 6) is 0.294. The standard InChI is InChI=1S/C14H8BrClN4/c15-9-5-4-8(7-17)12(6-9)20-13-10(16)2-1-3-11(13)19-14(20)18/h1-6H,(H2,18,19). The van der Waals surface area contributed by atoms with E-state index in [-0.39, 0.29) is 0 Å². The summed E-state index contributed by atoms with van der Waals surface area (Å²) in [7, 11) is 0. The third-order valence-corrected chi connectivity index (χ3v) is 3.77. The Hall–Kier alpha value is -2.03. The average Bonchev–Trinajstić information content (AvgIpc) is 2.76. The number of halogens is 2. The van der Waals surface area contributed by atoms with Crippen LogP contribution in [0, 0.1) is 11.3 Å². The Morgan fingerprint density at radius 2 is 2.10 bits per heavy atom. The molecule has 0 saturated heterocycles. The fourth-order valence-corrected chi connectivity index (χ4v) is 2.73. The molecule has 0 spiro atoms. The summed E-state index contributed by atoms with van der Waals surface area (Å²) in [5.41, 5.74) is 8.53. The van der Waals surface area contributed by atoms with E-state index in [1.807, 2.05) is 18.2 Å². The van der Waals surface area contributed by atoms with Crippen LogP contribution in [-0.2, 0) is 0 Å². The molecular weight excluding hydrogens is 340 g/mol. The summed E-state index contributed by atoms with van der Waals surface area (Å²) in [6.07, 6.45) is 0. The van der Waals surface area contributed by atoms with Gasteiger partial charge in [-0.25, -0.2) is 4.98 Å². The Balaban J connectivity index is 2.44. The molecule has 0 unspecified atom stereocenters. The fraction of sp³-hybridized carbons (Fsp3) is 0. The zero-order chi connectivity index (χ0) is 14.3. The molecule has 4 nitrogen and oxygen atoms in total. The average molecular weight is 348 g/mol. The van der Waals surface area contributed by atoms with Crippen molar-refractivity contribution in [3.63, 3.8) is 0 Å². The number of para-hydroxylation sites is 1. The van der Waals surface area contributed by atoms with Gasteiger partial charge in [0.1, 0.15) is 6.07 Å². The lowest BCUT2D eigenvalue weighted by atomic mass is 10.2. The Kier molecular flexibility index (Phi) is 3.13. The van der Waals surface area contributed by atoms with Crippen LogP contribution < -0.4 is 5.73 Å². The summed E-state index contributed by atoms with van der Waals surface area (Å²) >= 11 is 9.65. The van der Waals surface area contributed by atoms with E-state index in [9.17, 15) is 5.26 Å². The molecule has 6 heteroatoms. The summed E-state index contributed by atoms with van der Waals surface area (Å²) < 4.78 is 2.54. The van der Waals surface area contributed by atoms with Crippen molar-refractivity contribution in [2.45, 2.75) is 0 Å². The van der Waals surface area contributed by atoms with Gasteiger partial charge in [0.05, 0.1) is 27.3 Å². The van der Waals surface area contributed by atoms with E-state index in [4.69, 9.17) is 17.3 Å². The smallest absolute Gasteiger partial charge is 0.206 e. The Morgan fingerprint density at radius 3 is 2.85 bits per heavy atom. The van der Waals surface area contributed by atoms with Crippen molar-refractivity contribution in [3.05, 3.63) is 51.5 Å². The molecule has 20 heavy (non-hydrogen) atoms. The molecule has 0 aliphatic heterocycles. The molecule has 2 aromatic carbocycles. The highest BCUT2D eigenvalue weighted by atomic mass is 79.9. The summed E-state index contributed by atoms with van der Waals surface area (Å²) in [6, 6.07) is 12.9. The second-order valence-electron chi connectivity index (χ2n) is 4.19. The minimum absolute atomic E-state index is 0.294. The minimum Gasteiger partial charge on any atom is -0.369 e. The number of hydrogen-bond donors (Lipinski definition) is 1. The quantitative estimate of drug-likeness (QED) is 0.726. The predicted octanol–water partition coefficient (Wildman–Crippen LogP) is 3.90. The number of nitriles is 1. The van der Waals surface area contributed by atoms with Crippen LogP contribution in [-0.4, -0.2) is 9.55 Å². The molecule has 0 saturated carbocycles. The van der Waals surface area contributed by atoms with E-state index in [1.54, 1.807) is 22.8 Å². The van der Waals surface area contributed by atoms with E-state index < -0.39 is 0 Å². The molecule has 1 heterocycles. The number of nitrogens with zero attached hydrogens (tertiary/aromatic N) is 3. The molecule has 0 atom stereocenters. The number of imidazole rings is 1. The van der Waals surface area contributed by atoms with E-state index in [2.05, 4.69) is 27.0 Å². The molecular formula is C14H8BrClN4. The summed E-state index contributed by atoms with van der Waals surface area (Å²) in [6.45, 7) is 0. The number of fused-ring (bicyclic) bond motifs is 1. The molecule has 0 aliphatic carbocycles. The van der Waals surface area contributed by atoms with Crippen LogP contribution in [0.15, 0.2) is 40.9 Å². The molecule has 3 rings (SSSR count). The van der Waals surface area contributed by atoms with Crippen molar-refractivity contribution in [1.29, 1.82) is 5.26 Å². The van der Waals surface area contributed by atoms with Gasteiger partial charge in [0.15, 0.2) is 0 Å². The molecule has 98 valence electrons. The lowest BCUT2D eigenvalue weighted by molar-refractivity contribution is 1.10. The first-order valence-electron chi connectivity index (χ1n) is 5.74. The van der Waals surface area contributed by atoms with E-state index in [0.717, 1.165) is 4.47 Å². The minimum atomic E-state index is 0.294. The van der Waals surface area contributed by atoms with E-state index in [0.29, 0.717) is 33.3 Å². The second kappa shape index (κ2) is 4.82. The number of aromatic nitrogens is 2. The highest BCUT2D eigenvalue weighted by Gasteiger charge is 2.15. The van der Waals surface area contributed by atoms with Gasteiger partial charge in [-0.05, 0) is 30.3 Å². The maximum absolute atomic E-state index is 9.27. The number of rotatable bonds is 1. The van der Waals surface area contributed by atoms with Gasteiger partial charge in [-0.2, -0.15) is 5.26 Å². The van der Waals surface area contributed by atoms with Gasteiger partial charge in [0.2, 0.25) is 5.95 Å². The number of nitrogens with two attached hydrogens (primary N) is 1.